The SMILES string of the molecule is CC1=C2[C@H]3OC(=O)[C@@H](C)[C@@H]3CC[C@](C)(O[Si](C)(C)C)[C@@]2(O[Si](C)(C)C)C[C@H]1O. The van der Waals surface area contributed by atoms with Crippen LogP contribution >= 0.6 is 0 Å². The lowest BCUT2D eigenvalue weighted by molar-refractivity contribution is -0.145. The van der Waals surface area contributed by atoms with Gasteiger partial charge in [-0.1, -0.05) is 6.92 Å². The van der Waals surface area contributed by atoms with E-state index in [-0.39, 0.29) is 23.9 Å². The van der Waals surface area contributed by atoms with Crippen molar-refractivity contribution in [2.45, 2.75) is 103 Å². The highest BCUT2D eigenvalue weighted by Crippen LogP contribution is 2.58. The van der Waals surface area contributed by atoms with Crippen molar-refractivity contribution < 1.29 is 23.5 Å². The molecule has 1 heterocycles. The largest absolute Gasteiger partial charge is 0.457 e. The summed E-state index contributed by atoms with van der Waals surface area (Å²) in [5.74, 6) is -0.158. The van der Waals surface area contributed by atoms with Crippen molar-refractivity contribution in [1.29, 1.82) is 0 Å². The fraction of sp³-hybridized carbons (Fsp3) is 0.857. The Labute approximate surface area is 172 Å². The number of carbonyl (C=O) groups excluding carboxylic acids is 1. The maximum absolute atomic E-state index is 12.4. The van der Waals surface area contributed by atoms with E-state index in [0.29, 0.717) is 6.42 Å². The van der Waals surface area contributed by atoms with Gasteiger partial charge in [-0.2, -0.15) is 0 Å². The molecule has 0 aromatic heterocycles. The topological polar surface area (TPSA) is 65.0 Å². The summed E-state index contributed by atoms with van der Waals surface area (Å²) in [6.07, 6.45) is 1.23. The number of hydrogen-bond donors (Lipinski definition) is 1. The van der Waals surface area contributed by atoms with Crippen molar-refractivity contribution in [1.82, 2.24) is 0 Å². The second-order valence-corrected chi connectivity index (χ2v) is 20.0. The molecule has 0 amide bonds. The van der Waals surface area contributed by atoms with Crippen LogP contribution < -0.4 is 0 Å². The van der Waals surface area contributed by atoms with E-state index in [1.54, 1.807) is 0 Å². The third kappa shape index (κ3) is 3.58. The summed E-state index contributed by atoms with van der Waals surface area (Å²) < 4.78 is 19.8. The van der Waals surface area contributed by atoms with E-state index in [1.165, 1.54) is 0 Å². The molecule has 5 nitrogen and oxygen atoms in total. The van der Waals surface area contributed by atoms with Crippen LogP contribution in [-0.4, -0.2) is 51.1 Å². The Hall–Kier alpha value is -0.476. The van der Waals surface area contributed by atoms with Crippen LogP contribution in [0, 0.1) is 11.8 Å². The predicted molar refractivity (Wildman–Crippen MR) is 115 cm³/mol. The van der Waals surface area contributed by atoms with Gasteiger partial charge in [0.15, 0.2) is 16.6 Å². The second kappa shape index (κ2) is 6.77. The van der Waals surface area contributed by atoms with Gasteiger partial charge < -0.3 is 18.7 Å². The summed E-state index contributed by atoms with van der Waals surface area (Å²) in [6, 6.07) is 0. The number of ether oxygens (including phenoxy) is 1. The van der Waals surface area contributed by atoms with Gasteiger partial charge in [-0.25, -0.2) is 0 Å². The molecule has 28 heavy (non-hydrogen) atoms. The van der Waals surface area contributed by atoms with E-state index >= 15 is 0 Å². The van der Waals surface area contributed by atoms with E-state index in [0.717, 1.165) is 24.0 Å². The van der Waals surface area contributed by atoms with E-state index in [9.17, 15) is 9.90 Å². The van der Waals surface area contributed by atoms with E-state index in [4.69, 9.17) is 13.6 Å². The first-order chi connectivity index (χ1) is 12.6. The van der Waals surface area contributed by atoms with Gasteiger partial charge in [-0.3, -0.25) is 4.79 Å². The molecular weight excluding hydrogens is 388 g/mol. The molecule has 0 aromatic carbocycles. The summed E-state index contributed by atoms with van der Waals surface area (Å²) in [5, 5.41) is 11.0. The molecule has 2 fully saturated rings. The summed E-state index contributed by atoms with van der Waals surface area (Å²) in [6.45, 7) is 19.3. The molecule has 0 aromatic rings. The molecule has 3 aliphatic rings. The molecule has 6 atom stereocenters. The van der Waals surface area contributed by atoms with E-state index in [2.05, 4.69) is 46.2 Å². The van der Waals surface area contributed by atoms with Crippen LogP contribution in [0.4, 0.5) is 0 Å². The van der Waals surface area contributed by atoms with E-state index in [1.807, 2.05) is 13.8 Å². The first-order valence-electron chi connectivity index (χ1n) is 10.6. The van der Waals surface area contributed by atoms with Crippen molar-refractivity contribution in [3.05, 3.63) is 11.1 Å². The molecule has 0 spiro atoms. The van der Waals surface area contributed by atoms with E-state index < -0.39 is 33.9 Å². The lowest BCUT2D eigenvalue weighted by Gasteiger charge is -2.52. The summed E-state index contributed by atoms with van der Waals surface area (Å²) in [4.78, 5) is 12.4. The van der Waals surface area contributed by atoms with Gasteiger partial charge in [0.25, 0.3) is 0 Å². The molecule has 0 unspecified atom stereocenters. The normalized spacial score (nSPS) is 41.6. The second-order valence-electron chi connectivity index (χ2n) is 11.2. The van der Waals surface area contributed by atoms with Crippen LogP contribution in [-0.2, 0) is 18.4 Å². The minimum atomic E-state index is -2.01. The standard InChI is InChI=1S/C21H38O5Si2/c1-13-15-10-11-20(3,25-27(4,5)6)21(26-28(7,8)9)12-16(22)14(2)17(21)18(15)24-19(13)23/h13,15-16,18,22H,10-12H2,1-9H3/t13-,15-,16+,18-,20-,21+/m0/s1. The first kappa shape index (κ1) is 22.2. The minimum absolute atomic E-state index is 0.111. The fourth-order valence-corrected chi connectivity index (χ4v) is 8.67. The molecule has 1 saturated heterocycles. The van der Waals surface area contributed by atoms with Gasteiger partial charge in [0, 0.05) is 17.9 Å². The summed E-state index contributed by atoms with van der Waals surface area (Å²) in [7, 11) is -3.92. The maximum atomic E-state index is 12.4. The Morgan fingerprint density at radius 3 is 2.21 bits per heavy atom. The number of esters is 1. The Morgan fingerprint density at radius 2 is 1.68 bits per heavy atom. The summed E-state index contributed by atoms with van der Waals surface area (Å²) in [5.41, 5.74) is 0.596. The van der Waals surface area contributed by atoms with Crippen LogP contribution in [0.2, 0.25) is 39.3 Å². The Kier molecular flexibility index (Phi) is 5.37. The molecule has 1 saturated carbocycles. The molecule has 7 heteroatoms. The molecule has 2 aliphatic carbocycles. The van der Waals surface area contributed by atoms with Crippen molar-refractivity contribution in [3.8, 4) is 0 Å². The van der Waals surface area contributed by atoms with Crippen LogP contribution in [0.15, 0.2) is 11.1 Å². The van der Waals surface area contributed by atoms with Gasteiger partial charge in [-0.15, -0.1) is 0 Å². The zero-order valence-corrected chi connectivity index (χ0v) is 21.0. The number of carbonyl (C=O) groups is 1. The third-order valence-electron chi connectivity index (χ3n) is 6.59. The van der Waals surface area contributed by atoms with Gasteiger partial charge in [0.1, 0.15) is 11.7 Å². The highest BCUT2D eigenvalue weighted by Gasteiger charge is 2.65. The molecule has 0 bridgehead atoms. The Balaban J connectivity index is 2.23. The average molecular weight is 427 g/mol. The van der Waals surface area contributed by atoms with Gasteiger partial charge in [0.2, 0.25) is 0 Å². The number of rotatable bonds is 4. The first-order valence-corrected chi connectivity index (χ1v) is 17.4. The maximum Gasteiger partial charge on any atom is 0.309 e. The molecule has 3 rings (SSSR count). The number of fused-ring (bicyclic) bond motifs is 3. The highest BCUT2D eigenvalue weighted by atomic mass is 28.4. The molecule has 1 aliphatic heterocycles. The van der Waals surface area contributed by atoms with Crippen LogP contribution in [0.25, 0.3) is 0 Å². The molecule has 160 valence electrons. The smallest absolute Gasteiger partial charge is 0.309 e. The lowest BCUT2D eigenvalue weighted by Crippen LogP contribution is -2.62. The summed E-state index contributed by atoms with van der Waals surface area (Å²) >= 11 is 0. The molecule has 0 radical (unpaired) electrons. The monoisotopic (exact) mass is 426 g/mol. The van der Waals surface area contributed by atoms with Crippen molar-refractivity contribution in [2.24, 2.45) is 11.8 Å². The van der Waals surface area contributed by atoms with Crippen molar-refractivity contribution >= 4 is 22.6 Å². The Morgan fingerprint density at radius 1 is 1.11 bits per heavy atom. The number of aliphatic hydroxyl groups excluding tert-OH is 1. The van der Waals surface area contributed by atoms with Crippen molar-refractivity contribution in [3.63, 3.8) is 0 Å². The Bertz CT molecular complexity index is 692. The quantitative estimate of drug-likeness (QED) is 0.414. The number of hydrogen-bond acceptors (Lipinski definition) is 5. The van der Waals surface area contributed by atoms with Gasteiger partial charge >= 0.3 is 5.97 Å². The zero-order valence-electron chi connectivity index (χ0n) is 19.0. The zero-order chi connectivity index (χ0) is 21.3. The van der Waals surface area contributed by atoms with Gasteiger partial charge in [-0.05, 0) is 71.5 Å². The predicted octanol–water partition coefficient (Wildman–Crippen LogP) is 4.24. The highest BCUT2D eigenvalue weighted by molar-refractivity contribution is 6.70. The number of aliphatic hydroxyl groups is 1. The van der Waals surface area contributed by atoms with Gasteiger partial charge in [0.05, 0.1) is 17.6 Å². The van der Waals surface area contributed by atoms with Crippen LogP contribution in [0.3, 0.4) is 0 Å². The van der Waals surface area contributed by atoms with Crippen LogP contribution in [0.5, 0.6) is 0 Å². The van der Waals surface area contributed by atoms with Crippen LogP contribution in [0.1, 0.15) is 40.0 Å². The van der Waals surface area contributed by atoms with Crippen molar-refractivity contribution in [2.75, 3.05) is 0 Å². The fourth-order valence-electron chi connectivity index (χ4n) is 5.60. The molecule has 1 N–H and O–H groups in total. The minimum Gasteiger partial charge on any atom is -0.457 e. The lowest BCUT2D eigenvalue weighted by atomic mass is 9.77. The third-order valence-corrected chi connectivity index (χ3v) is 8.62. The molecular formula is C21H38O5Si2. The average Bonchev–Trinajstić information content (AvgIpc) is 2.86.